The molecule has 6 heteroatoms. The van der Waals surface area contributed by atoms with Crippen LogP contribution >= 0.6 is 12.4 Å². The summed E-state index contributed by atoms with van der Waals surface area (Å²) in [5.74, 6) is 2.05. The van der Waals surface area contributed by atoms with Gasteiger partial charge in [-0.15, -0.1) is 12.4 Å². The van der Waals surface area contributed by atoms with Crippen molar-refractivity contribution in [2.45, 2.75) is 32.4 Å². The molecule has 2 fully saturated rings. The minimum atomic E-state index is -0.0117. The Morgan fingerprint density at radius 3 is 2.34 bits per heavy atom. The van der Waals surface area contributed by atoms with Crippen LogP contribution in [0.4, 0.5) is 0 Å². The SMILES string of the molecule is COc1ccc([C@@H]2[C@@H]3CN(C(=O)c4ccn(C(C)(C)C)c4)C[C@@H]3CN2C)cc1.Cl. The normalized spacial score (nSPS) is 24.3. The minimum absolute atomic E-state index is 0. The summed E-state index contributed by atoms with van der Waals surface area (Å²) in [6.07, 6.45) is 4.00. The van der Waals surface area contributed by atoms with Gasteiger partial charge in [-0.25, -0.2) is 0 Å². The number of aromatic nitrogens is 1. The number of carbonyl (C=O) groups excluding carboxylic acids is 1. The van der Waals surface area contributed by atoms with E-state index in [1.54, 1.807) is 7.11 Å². The molecule has 0 spiro atoms. The van der Waals surface area contributed by atoms with Crippen LogP contribution in [0.25, 0.3) is 0 Å². The summed E-state index contributed by atoms with van der Waals surface area (Å²) in [6.45, 7) is 9.16. The first-order valence-corrected chi connectivity index (χ1v) is 10.1. The summed E-state index contributed by atoms with van der Waals surface area (Å²) >= 11 is 0. The fourth-order valence-electron chi connectivity index (χ4n) is 4.85. The molecule has 2 aromatic rings. The third-order valence-corrected chi connectivity index (χ3v) is 6.35. The Bertz CT molecular complexity index is 856. The van der Waals surface area contributed by atoms with Crippen LogP contribution in [0.1, 0.15) is 42.7 Å². The first kappa shape index (κ1) is 21.7. The van der Waals surface area contributed by atoms with Gasteiger partial charge < -0.3 is 14.2 Å². The lowest BCUT2D eigenvalue weighted by molar-refractivity contribution is 0.0767. The van der Waals surface area contributed by atoms with Crippen LogP contribution in [0.5, 0.6) is 5.75 Å². The van der Waals surface area contributed by atoms with E-state index in [1.165, 1.54) is 5.56 Å². The molecule has 0 radical (unpaired) electrons. The summed E-state index contributed by atoms with van der Waals surface area (Å²) in [5, 5.41) is 0. The van der Waals surface area contributed by atoms with Gasteiger partial charge >= 0.3 is 0 Å². The number of benzene rings is 1. The zero-order valence-electron chi connectivity index (χ0n) is 18.0. The minimum Gasteiger partial charge on any atom is -0.497 e. The lowest BCUT2D eigenvalue weighted by Crippen LogP contribution is -2.33. The van der Waals surface area contributed by atoms with Gasteiger partial charge in [-0.3, -0.25) is 9.69 Å². The Morgan fingerprint density at radius 2 is 1.76 bits per heavy atom. The molecule has 2 saturated heterocycles. The van der Waals surface area contributed by atoms with Crippen molar-refractivity contribution in [1.29, 1.82) is 0 Å². The van der Waals surface area contributed by atoms with Crippen molar-refractivity contribution in [2.24, 2.45) is 11.8 Å². The molecule has 0 saturated carbocycles. The maximum absolute atomic E-state index is 13.1. The first-order chi connectivity index (χ1) is 13.3. The van der Waals surface area contributed by atoms with Crippen LogP contribution in [0.15, 0.2) is 42.7 Å². The predicted molar refractivity (Wildman–Crippen MR) is 118 cm³/mol. The quantitative estimate of drug-likeness (QED) is 0.756. The van der Waals surface area contributed by atoms with E-state index in [0.29, 0.717) is 17.9 Å². The van der Waals surface area contributed by atoms with E-state index in [0.717, 1.165) is 30.9 Å². The van der Waals surface area contributed by atoms with Gasteiger partial charge in [-0.05, 0) is 57.5 Å². The van der Waals surface area contributed by atoms with Gasteiger partial charge in [0.05, 0.1) is 12.7 Å². The van der Waals surface area contributed by atoms with E-state index in [4.69, 9.17) is 4.74 Å². The largest absolute Gasteiger partial charge is 0.497 e. The van der Waals surface area contributed by atoms with Crippen LogP contribution in [-0.2, 0) is 5.54 Å². The average Bonchev–Trinajstić information content (AvgIpc) is 3.35. The molecule has 3 heterocycles. The van der Waals surface area contributed by atoms with Gasteiger partial charge in [0.15, 0.2) is 0 Å². The van der Waals surface area contributed by atoms with Crippen molar-refractivity contribution >= 4 is 18.3 Å². The van der Waals surface area contributed by atoms with Crippen LogP contribution in [-0.4, -0.2) is 54.1 Å². The second-order valence-corrected chi connectivity index (χ2v) is 9.27. The van der Waals surface area contributed by atoms with Gasteiger partial charge in [0, 0.05) is 49.5 Å². The Morgan fingerprint density at radius 1 is 1.07 bits per heavy atom. The van der Waals surface area contributed by atoms with Crippen molar-refractivity contribution in [2.75, 3.05) is 33.8 Å². The number of fused-ring (bicyclic) bond motifs is 1. The number of hydrogen-bond acceptors (Lipinski definition) is 3. The molecule has 158 valence electrons. The number of halogens is 1. The van der Waals surface area contributed by atoms with Crippen LogP contribution in [0, 0.1) is 11.8 Å². The lowest BCUT2D eigenvalue weighted by Gasteiger charge is -2.27. The highest BCUT2D eigenvalue weighted by molar-refractivity contribution is 5.94. The van der Waals surface area contributed by atoms with Crippen molar-refractivity contribution in [3.8, 4) is 5.75 Å². The Balaban J connectivity index is 0.00000240. The third kappa shape index (κ3) is 4.03. The summed E-state index contributed by atoms with van der Waals surface area (Å²) in [7, 11) is 3.89. The van der Waals surface area contributed by atoms with E-state index in [1.807, 2.05) is 30.6 Å². The molecule has 4 rings (SSSR count). The van der Waals surface area contributed by atoms with E-state index in [-0.39, 0.29) is 23.9 Å². The topological polar surface area (TPSA) is 37.7 Å². The molecule has 2 aliphatic rings. The number of rotatable bonds is 3. The Kier molecular flexibility index (Phi) is 6.02. The van der Waals surface area contributed by atoms with E-state index < -0.39 is 0 Å². The molecule has 3 atom stereocenters. The molecule has 0 N–H and O–H groups in total. The Hall–Kier alpha value is -1.98. The van der Waals surface area contributed by atoms with E-state index >= 15 is 0 Å². The number of methoxy groups -OCH3 is 1. The Labute approximate surface area is 180 Å². The van der Waals surface area contributed by atoms with Crippen molar-refractivity contribution < 1.29 is 9.53 Å². The number of likely N-dealkylation sites (tertiary alicyclic amines) is 2. The number of amides is 1. The van der Waals surface area contributed by atoms with E-state index in [9.17, 15) is 4.79 Å². The molecule has 0 unspecified atom stereocenters. The number of hydrogen-bond donors (Lipinski definition) is 0. The summed E-state index contributed by atoms with van der Waals surface area (Å²) in [4.78, 5) is 17.6. The molecule has 0 bridgehead atoms. The van der Waals surface area contributed by atoms with Gasteiger partial charge in [0.2, 0.25) is 0 Å². The molecular weight excluding hydrogens is 386 g/mol. The fourth-order valence-corrected chi connectivity index (χ4v) is 4.85. The van der Waals surface area contributed by atoms with Crippen molar-refractivity contribution in [3.05, 3.63) is 53.9 Å². The molecule has 1 aromatic carbocycles. The van der Waals surface area contributed by atoms with E-state index in [2.05, 4.69) is 54.3 Å². The fraction of sp³-hybridized carbons (Fsp3) is 0.522. The van der Waals surface area contributed by atoms with Gasteiger partial charge in [0.25, 0.3) is 5.91 Å². The predicted octanol–water partition coefficient (Wildman–Crippen LogP) is 4.05. The van der Waals surface area contributed by atoms with Crippen molar-refractivity contribution in [1.82, 2.24) is 14.4 Å². The second-order valence-electron chi connectivity index (χ2n) is 9.27. The highest BCUT2D eigenvalue weighted by Gasteiger charge is 2.47. The van der Waals surface area contributed by atoms with Gasteiger partial charge in [-0.2, -0.15) is 0 Å². The zero-order chi connectivity index (χ0) is 20.1. The smallest absolute Gasteiger partial charge is 0.255 e. The first-order valence-electron chi connectivity index (χ1n) is 10.1. The van der Waals surface area contributed by atoms with Gasteiger partial charge in [0.1, 0.15) is 5.75 Å². The second kappa shape index (κ2) is 8.04. The monoisotopic (exact) mass is 417 g/mol. The molecule has 29 heavy (non-hydrogen) atoms. The van der Waals surface area contributed by atoms with Crippen LogP contribution < -0.4 is 4.74 Å². The number of ether oxygens (including phenoxy) is 1. The van der Waals surface area contributed by atoms with Gasteiger partial charge in [-0.1, -0.05) is 12.1 Å². The highest BCUT2D eigenvalue weighted by Crippen LogP contribution is 2.44. The summed E-state index contributed by atoms with van der Waals surface area (Å²) in [6, 6.07) is 10.7. The van der Waals surface area contributed by atoms with Crippen molar-refractivity contribution in [3.63, 3.8) is 0 Å². The summed E-state index contributed by atoms with van der Waals surface area (Å²) < 4.78 is 7.42. The molecular formula is C23H32ClN3O2. The molecule has 2 aliphatic heterocycles. The summed E-state index contributed by atoms with van der Waals surface area (Å²) in [5.41, 5.74) is 2.09. The number of carbonyl (C=O) groups is 1. The van der Waals surface area contributed by atoms with Crippen LogP contribution in [0.3, 0.4) is 0 Å². The maximum atomic E-state index is 13.1. The van der Waals surface area contributed by atoms with Crippen LogP contribution in [0.2, 0.25) is 0 Å². The molecule has 5 nitrogen and oxygen atoms in total. The highest BCUT2D eigenvalue weighted by atomic mass is 35.5. The maximum Gasteiger partial charge on any atom is 0.255 e. The number of nitrogens with zero attached hydrogens (tertiary/aromatic N) is 3. The molecule has 1 amide bonds. The standard InChI is InChI=1S/C23H31N3O2.ClH/c1-23(2,3)26-11-10-17(14-26)22(27)25-13-18-12-24(4)21(20(18)15-25)16-6-8-19(28-5)9-7-16;/h6-11,14,18,20-21H,12-13,15H2,1-5H3;1H/t18-,20+,21+;/m0./s1. The zero-order valence-corrected chi connectivity index (χ0v) is 18.8. The lowest BCUT2D eigenvalue weighted by atomic mass is 9.89. The average molecular weight is 418 g/mol. The third-order valence-electron chi connectivity index (χ3n) is 6.35. The molecule has 0 aliphatic carbocycles. The molecule has 1 aromatic heterocycles.